The van der Waals surface area contributed by atoms with Crippen LogP contribution in [0.4, 0.5) is 0 Å². The minimum absolute atomic E-state index is 0.0835. The van der Waals surface area contributed by atoms with Crippen molar-refractivity contribution in [3.05, 3.63) is 65.2 Å². The highest BCUT2D eigenvalue weighted by atomic mass is 16.6. The van der Waals surface area contributed by atoms with Crippen molar-refractivity contribution in [1.29, 1.82) is 0 Å². The van der Waals surface area contributed by atoms with Gasteiger partial charge in [0.05, 0.1) is 65.6 Å². The highest BCUT2D eigenvalue weighted by Gasteiger charge is 2.37. The van der Waals surface area contributed by atoms with Crippen molar-refractivity contribution in [2.75, 3.05) is 46.2 Å². The van der Waals surface area contributed by atoms with E-state index in [0.29, 0.717) is 59.5 Å². The zero-order chi connectivity index (χ0) is 19.7. The van der Waals surface area contributed by atoms with Gasteiger partial charge in [-0.25, -0.2) is 0 Å². The first-order valence-corrected chi connectivity index (χ1v) is 10.2. The largest absolute Gasteiger partial charge is 0.495 e. The molecule has 0 aromatic heterocycles. The molecule has 1 saturated heterocycles. The van der Waals surface area contributed by atoms with Gasteiger partial charge in [-0.15, -0.1) is 0 Å². The van der Waals surface area contributed by atoms with Crippen molar-refractivity contribution in [3.8, 4) is 0 Å². The van der Waals surface area contributed by atoms with Crippen LogP contribution in [0.3, 0.4) is 0 Å². The Labute approximate surface area is 172 Å². The second kappa shape index (κ2) is 10.9. The molecule has 0 saturated carbocycles. The second-order valence-corrected chi connectivity index (χ2v) is 7.02. The summed E-state index contributed by atoms with van der Waals surface area (Å²) in [5, 5.41) is 0. The minimum atomic E-state index is -0.443. The average Bonchev–Trinajstić information content (AvgIpc) is 3.24. The molecule has 2 bridgehead atoms. The Morgan fingerprint density at radius 2 is 1.24 bits per heavy atom. The standard InChI is InChI=1S/C22H27BO6/c1-2-5-18(6-3-1)21-17-28-23(29-21)22-19-7-4-8-20(22)16-27-14-12-25-10-9-24-11-13-26-15-19/h1-8,21H,9-17H2. The van der Waals surface area contributed by atoms with E-state index in [1.165, 1.54) is 0 Å². The van der Waals surface area contributed by atoms with Crippen LogP contribution in [0.5, 0.6) is 0 Å². The number of fused-ring (bicyclic) bond motifs is 2. The lowest BCUT2D eigenvalue weighted by molar-refractivity contribution is -0.00523. The van der Waals surface area contributed by atoms with Gasteiger partial charge >= 0.3 is 7.12 Å². The van der Waals surface area contributed by atoms with Crippen molar-refractivity contribution < 1.29 is 28.3 Å². The van der Waals surface area contributed by atoms with E-state index in [2.05, 4.69) is 24.3 Å². The van der Waals surface area contributed by atoms with E-state index in [0.717, 1.165) is 22.2 Å². The van der Waals surface area contributed by atoms with Gasteiger partial charge in [-0.05, 0) is 22.2 Å². The lowest BCUT2D eigenvalue weighted by atomic mass is 9.73. The first-order valence-electron chi connectivity index (χ1n) is 10.2. The van der Waals surface area contributed by atoms with Gasteiger partial charge in [0.25, 0.3) is 0 Å². The summed E-state index contributed by atoms with van der Waals surface area (Å²) in [6, 6.07) is 16.3. The summed E-state index contributed by atoms with van der Waals surface area (Å²) in [6.45, 7) is 4.73. The molecule has 0 spiro atoms. The second-order valence-electron chi connectivity index (χ2n) is 7.02. The summed E-state index contributed by atoms with van der Waals surface area (Å²) >= 11 is 0. The molecule has 154 valence electrons. The normalized spacial score (nSPS) is 22.1. The molecular formula is C22H27BO6. The summed E-state index contributed by atoms with van der Waals surface area (Å²) in [7, 11) is -0.443. The Balaban J connectivity index is 1.52. The molecule has 1 atom stereocenters. The first kappa shape index (κ1) is 20.5. The molecule has 7 heteroatoms. The molecule has 2 aromatic rings. The molecule has 1 unspecified atom stereocenters. The fourth-order valence-corrected chi connectivity index (χ4v) is 3.54. The first-order chi connectivity index (χ1) is 14.4. The van der Waals surface area contributed by atoms with Crippen molar-refractivity contribution >= 4 is 12.6 Å². The van der Waals surface area contributed by atoms with Gasteiger partial charge in [0.15, 0.2) is 0 Å². The quantitative estimate of drug-likeness (QED) is 0.724. The molecule has 2 aromatic carbocycles. The Hall–Kier alpha value is -1.74. The molecule has 2 heterocycles. The van der Waals surface area contributed by atoms with Crippen molar-refractivity contribution in [3.63, 3.8) is 0 Å². The van der Waals surface area contributed by atoms with Crippen molar-refractivity contribution in [2.45, 2.75) is 19.3 Å². The molecule has 2 aliphatic heterocycles. The molecule has 0 radical (unpaired) electrons. The third-order valence-electron chi connectivity index (χ3n) is 5.01. The number of benzene rings is 2. The average molecular weight is 398 g/mol. The molecule has 1 fully saturated rings. The summed E-state index contributed by atoms with van der Waals surface area (Å²) in [5.41, 5.74) is 4.23. The smallest absolute Gasteiger partial charge is 0.404 e. The van der Waals surface area contributed by atoms with E-state index in [1.54, 1.807) is 0 Å². The predicted molar refractivity (Wildman–Crippen MR) is 109 cm³/mol. The summed E-state index contributed by atoms with van der Waals surface area (Å²) in [4.78, 5) is 0. The van der Waals surface area contributed by atoms with E-state index < -0.39 is 7.12 Å². The predicted octanol–water partition coefficient (Wildman–Crippen LogP) is 2.25. The van der Waals surface area contributed by atoms with Gasteiger partial charge in [0.2, 0.25) is 0 Å². The van der Waals surface area contributed by atoms with E-state index in [9.17, 15) is 0 Å². The summed E-state index contributed by atoms with van der Waals surface area (Å²) in [6.07, 6.45) is -0.0835. The van der Waals surface area contributed by atoms with E-state index in [-0.39, 0.29) is 6.10 Å². The van der Waals surface area contributed by atoms with Crippen molar-refractivity contribution in [2.24, 2.45) is 0 Å². The van der Waals surface area contributed by atoms with Gasteiger partial charge in [0.1, 0.15) is 0 Å². The fourth-order valence-electron chi connectivity index (χ4n) is 3.54. The van der Waals surface area contributed by atoms with E-state index >= 15 is 0 Å². The molecule has 29 heavy (non-hydrogen) atoms. The van der Waals surface area contributed by atoms with E-state index in [1.807, 2.05) is 24.3 Å². The molecule has 2 aliphatic rings. The summed E-state index contributed by atoms with van der Waals surface area (Å²) in [5.74, 6) is 0. The monoisotopic (exact) mass is 398 g/mol. The number of rotatable bonds is 2. The molecule has 0 N–H and O–H groups in total. The zero-order valence-corrected chi connectivity index (χ0v) is 16.6. The van der Waals surface area contributed by atoms with E-state index in [4.69, 9.17) is 28.3 Å². The van der Waals surface area contributed by atoms with Gasteiger partial charge in [-0.2, -0.15) is 0 Å². The highest BCUT2D eigenvalue weighted by molar-refractivity contribution is 6.62. The van der Waals surface area contributed by atoms with Gasteiger partial charge in [-0.3, -0.25) is 0 Å². The molecule has 0 aliphatic carbocycles. The third kappa shape index (κ3) is 5.66. The van der Waals surface area contributed by atoms with Gasteiger partial charge in [-0.1, -0.05) is 48.5 Å². The Bertz CT molecular complexity index is 724. The van der Waals surface area contributed by atoms with Crippen molar-refractivity contribution in [1.82, 2.24) is 0 Å². The van der Waals surface area contributed by atoms with Crippen LogP contribution in [0.2, 0.25) is 0 Å². The number of hydrogen-bond donors (Lipinski definition) is 0. The fraction of sp³-hybridized carbons (Fsp3) is 0.455. The van der Waals surface area contributed by atoms with Gasteiger partial charge < -0.3 is 28.3 Å². The lowest BCUT2D eigenvalue weighted by Crippen LogP contribution is -2.38. The Morgan fingerprint density at radius 1 is 0.655 bits per heavy atom. The molecule has 4 rings (SSSR count). The van der Waals surface area contributed by atoms with Crippen LogP contribution in [-0.4, -0.2) is 53.4 Å². The molecule has 6 nitrogen and oxygen atoms in total. The maximum absolute atomic E-state index is 6.30. The Kier molecular flexibility index (Phi) is 7.70. The maximum Gasteiger partial charge on any atom is 0.495 e. The van der Waals surface area contributed by atoms with Crippen LogP contribution in [0.15, 0.2) is 48.5 Å². The molecule has 0 amide bonds. The zero-order valence-electron chi connectivity index (χ0n) is 16.6. The maximum atomic E-state index is 6.30. The van der Waals surface area contributed by atoms with Crippen LogP contribution in [0.1, 0.15) is 22.8 Å². The minimum Gasteiger partial charge on any atom is -0.404 e. The SMILES string of the molecule is c1ccc(C2COB(c3c4cccc3COCCOCCOCCOC4)O2)cc1. The van der Waals surface area contributed by atoms with Crippen LogP contribution in [0.25, 0.3) is 0 Å². The van der Waals surface area contributed by atoms with Crippen LogP contribution < -0.4 is 5.46 Å². The Morgan fingerprint density at radius 3 is 1.86 bits per heavy atom. The van der Waals surface area contributed by atoms with Crippen LogP contribution in [-0.2, 0) is 41.5 Å². The molecular weight excluding hydrogens is 371 g/mol. The summed E-state index contributed by atoms with van der Waals surface area (Å²) < 4.78 is 35.1. The lowest BCUT2D eigenvalue weighted by Gasteiger charge is -2.17. The third-order valence-corrected chi connectivity index (χ3v) is 5.01. The van der Waals surface area contributed by atoms with Crippen LogP contribution >= 0.6 is 0 Å². The number of ether oxygens (including phenoxy) is 4. The van der Waals surface area contributed by atoms with Gasteiger partial charge in [0, 0.05) is 0 Å². The van der Waals surface area contributed by atoms with Crippen LogP contribution in [0, 0.1) is 0 Å². The number of hydrogen-bond acceptors (Lipinski definition) is 6. The topological polar surface area (TPSA) is 55.4 Å². The highest BCUT2D eigenvalue weighted by Crippen LogP contribution is 2.25.